The van der Waals surface area contributed by atoms with Gasteiger partial charge in [0.2, 0.25) is 0 Å². The number of carbonyl (C=O) groups is 1. The Morgan fingerprint density at radius 2 is 1.96 bits per heavy atom. The average molecular weight is 348 g/mol. The fourth-order valence-corrected chi connectivity index (χ4v) is 3.64. The number of rotatable bonds is 4. The average Bonchev–Trinajstić information content (AvgIpc) is 3.46. The molecule has 1 unspecified atom stereocenters. The molecule has 1 aromatic carbocycles. The van der Waals surface area contributed by atoms with Crippen LogP contribution in [0.1, 0.15) is 35.8 Å². The molecule has 1 amide bonds. The topological polar surface area (TPSA) is 51.0 Å². The number of aromatic nitrogens is 3. The summed E-state index contributed by atoms with van der Waals surface area (Å²) in [6.45, 7) is 4.08. The lowest BCUT2D eigenvalue weighted by Crippen LogP contribution is -2.36. The highest BCUT2D eigenvalue weighted by molar-refractivity contribution is 6.07. The van der Waals surface area contributed by atoms with Gasteiger partial charge in [0.25, 0.3) is 5.91 Å². The van der Waals surface area contributed by atoms with Crippen LogP contribution in [0.25, 0.3) is 22.3 Å². The molecule has 0 spiro atoms. The molecule has 5 heteroatoms. The van der Waals surface area contributed by atoms with Crippen LogP contribution < -0.4 is 0 Å². The zero-order valence-electron chi connectivity index (χ0n) is 15.7. The molecule has 0 aliphatic heterocycles. The van der Waals surface area contributed by atoms with Gasteiger partial charge in [-0.2, -0.15) is 5.10 Å². The van der Waals surface area contributed by atoms with Crippen molar-refractivity contribution in [1.29, 1.82) is 0 Å². The molecule has 5 nitrogen and oxygen atoms in total. The predicted molar refractivity (Wildman–Crippen MR) is 103 cm³/mol. The van der Waals surface area contributed by atoms with E-state index in [1.165, 1.54) is 12.8 Å². The van der Waals surface area contributed by atoms with Gasteiger partial charge >= 0.3 is 0 Å². The van der Waals surface area contributed by atoms with Crippen LogP contribution in [-0.4, -0.2) is 38.7 Å². The Morgan fingerprint density at radius 1 is 1.27 bits per heavy atom. The van der Waals surface area contributed by atoms with E-state index in [0.29, 0.717) is 11.5 Å². The summed E-state index contributed by atoms with van der Waals surface area (Å²) in [6.07, 6.45) is 2.43. The van der Waals surface area contributed by atoms with E-state index >= 15 is 0 Å². The molecule has 1 fully saturated rings. The van der Waals surface area contributed by atoms with Gasteiger partial charge in [0.1, 0.15) is 0 Å². The molecule has 3 aromatic rings. The molecule has 2 aromatic heterocycles. The van der Waals surface area contributed by atoms with Crippen molar-refractivity contribution >= 4 is 16.9 Å². The van der Waals surface area contributed by atoms with E-state index in [1.807, 2.05) is 62.3 Å². The van der Waals surface area contributed by atoms with Crippen LogP contribution in [0.4, 0.5) is 0 Å². The van der Waals surface area contributed by atoms with Crippen LogP contribution in [0.2, 0.25) is 0 Å². The number of benzene rings is 1. The number of pyridine rings is 1. The standard InChI is InChI=1S/C21H24N4O/c1-13-19-17(21(26)24(3)14(2)15-10-11-15)12-18(16-8-6-5-7-9-16)22-20(19)25(4)23-13/h5-9,12,14-15H,10-11H2,1-4H3. The highest BCUT2D eigenvalue weighted by atomic mass is 16.2. The normalized spacial score (nSPS) is 15.2. The Morgan fingerprint density at radius 3 is 2.62 bits per heavy atom. The predicted octanol–water partition coefficient (Wildman–Crippen LogP) is 3.81. The highest BCUT2D eigenvalue weighted by Crippen LogP contribution is 2.36. The Labute approximate surface area is 153 Å². The van der Waals surface area contributed by atoms with Gasteiger partial charge in [-0.1, -0.05) is 30.3 Å². The summed E-state index contributed by atoms with van der Waals surface area (Å²) in [4.78, 5) is 20.0. The molecule has 2 heterocycles. The van der Waals surface area contributed by atoms with Gasteiger partial charge in [0.15, 0.2) is 5.65 Å². The van der Waals surface area contributed by atoms with Crippen LogP contribution >= 0.6 is 0 Å². The number of fused-ring (bicyclic) bond motifs is 1. The number of amides is 1. The summed E-state index contributed by atoms with van der Waals surface area (Å²) < 4.78 is 1.76. The van der Waals surface area contributed by atoms with Crippen molar-refractivity contribution in [3.8, 4) is 11.3 Å². The van der Waals surface area contributed by atoms with Crippen LogP contribution in [0.5, 0.6) is 0 Å². The molecule has 1 aliphatic carbocycles. The molecule has 1 atom stereocenters. The van der Waals surface area contributed by atoms with Crippen molar-refractivity contribution in [1.82, 2.24) is 19.7 Å². The van der Waals surface area contributed by atoms with E-state index in [-0.39, 0.29) is 11.9 Å². The number of hydrogen-bond donors (Lipinski definition) is 0. The molecule has 0 bridgehead atoms. The van der Waals surface area contributed by atoms with Crippen LogP contribution in [0.15, 0.2) is 36.4 Å². The zero-order chi connectivity index (χ0) is 18.4. The first-order chi connectivity index (χ1) is 12.5. The second-order valence-electron chi connectivity index (χ2n) is 7.32. The number of hydrogen-bond acceptors (Lipinski definition) is 3. The van der Waals surface area contributed by atoms with Crippen LogP contribution in [-0.2, 0) is 7.05 Å². The summed E-state index contributed by atoms with van der Waals surface area (Å²) in [6, 6.07) is 12.2. The van der Waals surface area contributed by atoms with E-state index in [4.69, 9.17) is 4.98 Å². The first-order valence-corrected chi connectivity index (χ1v) is 9.14. The largest absolute Gasteiger partial charge is 0.339 e. The van der Waals surface area contributed by atoms with E-state index < -0.39 is 0 Å². The van der Waals surface area contributed by atoms with Crippen LogP contribution in [0.3, 0.4) is 0 Å². The fraction of sp³-hybridized carbons (Fsp3) is 0.381. The molecule has 1 aliphatic rings. The zero-order valence-corrected chi connectivity index (χ0v) is 15.7. The molecule has 1 saturated carbocycles. The summed E-state index contributed by atoms with van der Waals surface area (Å²) in [5.41, 5.74) is 4.08. The Bertz CT molecular complexity index is 973. The SMILES string of the molecule is Cc1nn(C)c2nc(-c3ccccc3)cc(C(=O)N(C)C(C)C3CC3)c12. The molecular formula is C21H24N4O. The van der Waals surface area contributed by atoms with Gasteiger partial charge in [0.05, 0.1) is 22.3 Å². The first-order valence-electron chi connectivity index (χ1n) is 9.14. The summed E-state index contributed by atoms with van der Waals surface area (Å²) in [5, 5.41) is 5.36. The van der Waals surface area contributed by atoms with E-state index in [1.54, 1.807) is 4.68 Å². The fourth-order valence-electron chi connectivity index (χ4n) is 3.64. The second-order valence-corrected chi connectivity index (χ2v) is 7.32. The minimum absolute atomic E-state index is 0.0464. The maximum absolute atomic E-state index is 13.3. The molecular weight excluding hydrogens is 324 g/mol. The second kappa shape index (κ2) is 6.24. The Hall–Kier alpha value is -2.69. The van der Waals surface area contributed by atoms with Gasteiger partial charge < -0.3 is 4.90 Å². The van der Waals surface area contributed by atoms with Gasteiger partial charge in [-0.05, 0) is 38.7 Å². The molecule has 0 radical (unpaired) electrons. The van der Waals surface area contributed by atoms with Gasteiger partial charge in [-0.3, -0.25) is 9.48 Å². The Kier molecular flexibility index (Phi) is 4.02. The van der Waals surface area contributed by atoms with Crippen LogP contribution in [0, 0.1) is 12.8 Å². The van der Waals surface area contributed by atoms with Crippen molar-refractivity contribution in [2.75, 3.05) is 7.05 Å². The molecule has 134 valence electrons. The van der Waals surface area contributed by atoms with Gasteiger partial charge in [0, 0.05) is 25.7 Å². The monoisotopic (exact) mass is 348 g/mol. The van der Waals surface area contributed by atoms with E-state index in [0.717, 1.165) is 28.0 Å². The lowest BCUT2D eigenvalue weighted by molar-refractivity contribution is 0.0729. The number of carbonyl (C=O) groups excluding carboxylic acids is 1. The molecule has 26 heavy (non-hydrogen) atoms. The van der Waals surface area contributed by atoms with Crippen molar-refractivity contribution in [3.05, 3.63) is 47.7 Å². The van der Waals surface area contributed by atoms with Crippen molar-refractivity contribution in [2.24, 2.45) is 13.0 Å². The summed E-state index contributed by atoms with van der Waals surface area (Å²) >= 11 is 0. The number of aryl methyl sites for hydroxylation is 2. The Balaban J connectivity index is 1.87. The first kappa shape index (κ1) is 16.8. The molecule has 4 rings (SSSR count). The lowest BCUT2D eigenvalue weighted by Gasteiger charge is -2.25. The third kappa shape index (κ3) is 2.77. The van der Waals surface area contributed by atoms with E-state index in [9.17, 15) is 4.79 Å². The maximum Gasteiger partial charge on any atom is 0.254 e. The minimum atomic E-state index is 0.0464. The van der Waals surface area contributed by atoms with Crippen molar-refractivity contribution in [3.63, 3.8) is 0 Å². The number of nitrogens with zero attached hydrogens (tertiary/aromatic N) is 4. The third-order valence-corrected chi connectivity index (χ3v) is 5.50. The highest BCUT2D eigenvalue weighted by Gasteiger charge is 2.33. The maximum atomic E-state index is 13.3. The van der Waals surface area contributed by atoms with Crippen molar-refractivity contribution in [2.45, 2.75) is 32.7 Å². The summed E-state index contributed by atoms with van der Waals surface area (Å²) in [5.74, 6) is 0.676. The lowest BCUT2D eigenvalue weighted by atomic mass is 10.0. The van der Waals surface area contributed by atoms with Crippen molar-refractivity contribution < 1.29 is 4.79 Å². The smallest absolute Gasteiger partial charge is 0.254 e. The minimum Gasteiger partial charge on any atom is -0.339 e. The van der Waals surface area contributed by atoms with Gasteiger partial charge in [-0.15, -0.1) is 0 Å². The van der Waals surface area contributed by atoms with Gasteiger partial charge in [-0.25, -0.2) is 4.98 Å². The quantitative estimate of drug-likeness (QED) is 0.720. The third-order valence-electron chi connectivity index (χ3n) is 5.50. The molecule has 0 saturated heterocycles. The summed E-state index contributed by atoms with van der Waals surface area (Å²) in [7, 11) is 3.79. The van der Waals surface area contributed by atoms with E-state index in [2.05, 4.69) is 12.0 Å². The molecule has 0 N–H and O–H groups in total.